The van der Waals surface area contributed by atoms with Gasteiger partial charge in [0.15, 0.2) is 0 Å². The van der Waals surface area contributed by atoms with Gasteiger partial charge in [-0.15, -0.1) is 0 Å². The van der Waals surface area contributed by atoms with Gasteiger partial charge in [0.25, 0.3) is 0 Å². The zero-order valence-corrected chi connectivity index (χ0v) is 28.2. The molecule has 0 unspecified atom stereocenters. The maximum absolute atomic E-state index is 13.7. The number of rotatable bonds is 7. The smallest absolute Gasteiger partial charge is 0.242 e. The van der Waals surface area contributed by atoms with Crippen molar-refractivity contribution in [2.45, 2.75) is 50.6 Å². The number of nitrogens with one attached hydrogen (secondary N) is 1. The Labute approximate surface area is 272 Å². The predicted octanol–water partition coefficient (Wildman–Crippen LogP) is 5.29. The first-order valence-electron chi connectivity index (χ1n) is 15.1. The summed E-state index contributed by atoms with van der Waals surface area (Å²) in [7, 11) is -3.96. The summed E-state index contributed by atoms with van der Waals surface area (Å²) in [5.41, 5.74) is 1.16. The van der Waals surface area contributed by atoms with Crippen LogP contribution in [0.2, 0.25) is 5.02 Å². The Morgan fingerprint density at radius 2 is 1.70 bits per heavy atom. The molecule has 8 nitrogen and oxygen atoms in total. The molecule has 3 atom stereocenters. The molecule has 3 aromatic carbocycles. The quantitative estimate of drug-likeness (QED) is 0.362. The number of carbonyl (C=O) groups is 2. The number of nitrogens with zero attached hydrogens (tertiary/aromatic N) is 3. The van der Waals surface area contributed by atoms with Crippen LogP contribution in [0.3, 0.4) is 0 Å². The molecule has 0 aromatic heterocycles. The lowest BCUT2D eigenvalue weighted by atomic mass is 9.65. The van der Waals surface area contributed by atoms with Gasteiger partial charge in [0.05, 0.1) is 11.4 Å². The molecule has 3 aliphatic rings. The van der Waals surface area contributed by atoms with E-state index in [0.29, 0.717) is 37.5 Å². The molecule has 3 heterocycles. The van der Waals surface area contributed by atoms with Gasteiger partial charge in [-0.2, -0.15) is 4.72 Å². The predicted molar refractivity (Wildman–Crippen MR) is 176 cm³/mol. The van der Waals surface area contributed by atoms with E-state index in [-0.39, 0.29) is 34.1 Å². The molecule has 44 heavy (non-hydrogen) atoms. The minimum absolute atomic E-state index is 0.0400. The van der Waals surface area contributed by atoms with Gasteiger partial charge in [0.1, 0.15) is 6.04 Å². The molecule has 6 rings (SSSR count). The van der Waals surface area contributed by atoms with Gasteiger partial charge in [0, 0.05) is 48.8 Å². The number of benzene rings is 3. The third-order valence-corrected chi connectivity index (χ3v) is 11.3. The highest BCUT2D eigenvalue weighted by Crippen LogP contribution is 2.46. The van der Waals surface area contributed by atoms with Crippen molar-refractivity contribution in [1.29, 1.82) is 0 Å². The zero-order valence-electron chi connectivity index (χ0n) is 25.1. The number of likely N-dealkylation sites (tertiary alicyclic amines) is 3. The summed E-state index contributed by atoms with van der Waals surface area (Å²) < 4.78 is 30.3. The molecule has 234 valence electrons. The first-order valence-corrected chi connectivity index (χ1v) is 17.7. The van der Waals surface area contributed by atoms with Crippen molar-refractivity contribution in [2.75, 3.05) is 39.3 Å². The van der Waals surface area contributed by atoms with Gasteiger partial charge in [0.2, 0.25) is 21.8 Å². The third-order valence-electron chi connectivity index (χ3n) is 9.10. The minimum Gasteiger partial charge on any atom is -0.340 e. The second-order valence-electron chi connectivity index (χ2n) is 13.6. The van der Waals surface area contributed by atoms with Crippen LogP contribution in [-0.2, 0) is 26.2 Å². The molecule has 3 aliphatic heterocycles. The molecule has 3 aromatic rings. The average molecular weight is 702 g/mol. The highest BCUT2D eigenvalue weighted by atomic mass is 79.9. The lowest BCUT2D eigenvalue weighted by molar-refractivity contribution is -0.151. The van der Waals surface area contributed by atoms with Crippen LogP contribution in [-0.4, -0.2) is 80.2 Å². The van der Waals surface area contributed by atoms with E-state index in [0.717, 1.165) is 41.3 Å². The number of fused-ring (bicyclic) bond motifs is 3. The molecule has 2 amide bonds. The molecular weight excluding hydrogens is 664 g/mol. The molecule has 3 saturated heterocycles. The van der Waals surface area contributed by atoms with Crippen LogP contribution < -0.4 is 4.72 Å². The largest absolute Gasteiger partial charge is 0.340 e. The number of halogens is 2. The monoisotopic (exact) mass is 700 g/mol. The van der Waals surface area contributed by atoms with E-state index in [4.69, 9.17) is 11.6 Å². The lowest BCUT2D eigenvalue weighted by Gasteiger charge is -2.57. The van der Waals surface area contributed by atoms with Crippen LogP contribution in [0, 0.1) is 10.8 Å². The molecule has 1 N–H and O–H groups in total. The fraction of sp³-hybridized carbons (Fsp3) is 0.455. The van der Waals surface area contributed by atoms with Crippen molar-refractivity contribution in [3.63, 3.8) is 0 Å². The normalized spacial score (nSPS) is 26.3. The van der Waals surface area contributed by atoms with Crippen LogP contribution in [0.5, 0.6) is 0 Å². The highest BCUT2D eigenvalue weighted by Gasteiger charge is 2.49. The Kier molecular flexibility index (Phi) is 8.60. The second-order valence-corrected chi connectivity index (χ2v) is 16.6. The lowest BCUT2D eigenvalue weighted by Crippen LogP contribution is -2.64. The maximum atomic E-state index is 13.7. The Bertz CT molecular complexity index is 1700. The molecule has 0 aliphatic carbocycles. The van der Waals surface area contributed by atoms with Crippen molar-refractivity contribution in [3.8, 4) is 0 Å². The van der Waals surface area contributed by atoms with Crippen LogP contribution >= 0.6 is 27.5 Å². The van der Waals surface area contributed by atoms with Crippen LogP contribution in [0.1, 0.15) is 38.7 Å². The average Bonchev–Trinajstić information content (AvgIpc) is 2.93. The molecule has 0 saturated carbocycles. The van der Waals surface area contributed by atoms with E-state index >= 15 is 0 Å². The topological polar surface area (TPSA) is 90.0 Å². The van der Waals surface area contributed by atoms with E-state index in [2.05, 4.69) is 57.6 Å². The van der Waals surface area contributed by atoms with E-state index in [1.165, 1.54) is 16.5 Å². The standard InChI is InChI=1S/C33H38BrClN4O4S/c1-32-18-33(2,20-37(19-32)16-23-5-3-6-26(34)13-23)22-39(21-32)30(40)17-38-12-4-7-29(31(38)41)36-44(42,43)28-11-9-24-14-27(35)10-8-25(24)15-28/h3,5-6,8-11,13-15,29,36H,4,7,12,16-22H2,1-2H3/t29-,32-,33+/m0/s1. The fourth-order valence-corrected chi connectivity index (χ4v) is 9.62. The summed E-state index contributed by atoms with van der Waals surface area (Å²) in [6, 6.07) is 17.6. The first kappa shape index (κ1) is 31.5. The molecule has 0 radical (unpaired) electrons. The van der Waals surface area contributed by atoms with Crippen LogP contribution in [0.25, 0.3) is 10.8 Å². The number of piperidine rings is 3. The summed E-state index contributed by atoms with van der Waals surface area (Å²) in [5.74, 6) is -0.428. The fourth-order valence-electron chi connectivity index (χ4n) is 7.74. The molecule has 11 heteroatoms. The van der Waals surface area contributed by atoms with Crippen LogP contribution in [0.4, 0.5) is 0 Å². The van der Waals surface area contributed by atoms with Crippen molar-refractivity contribution in [3.05, 3.63) is 75.7 Å². The summed E-state index contributed by atoms with van der Waals surface area (Å²) in [6.07, 6.45) is 2.05. The minimum atomic E-state index is -3.96. The second kappa shape index (κ2) is 12.0. The van der Waals surface area contributed by atoms with E-state index in [9.17, 15) is 18.0 Å². The van der Waals surface area contributed by atoms with Crippen molar-refractivity contribution in [2.24, 2.45) is 10.8 Å². The molecule has 3 fully saturated rings. The number of hydrogen-bond donors (Lipinski definition) is 1. The molecule has 0 spiro atoms. The van der Waals surface area contributed by atoms with E-state index in [1.807, 2.05) is 11.0 Å². The zero-order chi connectivity index (χ0) is 31.3. The van der Waals surface area contributed by atoms with Gasteiger partial charge in [-0.3, -0.25) is 14.5 Å². The maximum Gasteiger partial charge on any atom is 0.242 e. The van der Waals surface area contributed by atoms with E-state index in [1.54, 1.807) is 30.3 Å². The summed E-state index contributed by atoms with van der Waals surface area (Å²) in [5, 5.41) is 2.14. The number of hydrogen-bond acceptors (Lipinski definition) is 5. The van der Waals surface area contributed by atoms with E-state index < -0.39 is 16.1 Å². The van der Waals surface area contributed by atoms with Crippen molar-refractivity contribution < 1.29 is 18.0 Å². The van der Waals surface area contributed by atoms with Gasteiger partial charge in [-0.25, -0.2) is 8.42 Å². The molecule has 2 bridgehead atoms. The van der Waals surface area contributed by atoms with Gasteiger partial charge in [-0.1, -0.05) is 65.6 Å². The Balaban J connectivity index is 1.09. The summed E-state index contributed by atoms with van der Waals surface area (Å²) >= 11 is 9.64. The van der Waals surface area contributed by atoms with Crippen molar-refractivity contribution >= 4 is 60.1 Å². The van der Waals surface area contributed by atoms with Crippen molar-refractivity contribution in [1.82, 2.24) is 19.4 Å². The van der Waals surface area contributed by atoms with Gasteiger partial charge >= 0.3 is 0 Å². The summed E-state index contributed by atoms with van der Waals surface area (Å²) in [4.78, 5) is 33.2. The van der Waals surface area contributed by atoms with Gasteiger partial charge in [-0.05, 0) is 82.8 Å². The van der Waals surface area contributed by atoms with Crippen LogP contribution in [0.15, 0.2) is 70.0 Å². The number of amides is 2. The molecular formula is C33H38BrClN4O4S. The SMILES string of the molecule is C[C@]12CN(Cc3cccc(Br)c3)C[C@](C)(CN(C(=O)CN3CCC[C@H](NS(=O)(=O)c4ccc5cc(Cl)ccc5c4)C3=O)C1)C2. The number of sulfonamides is 1. The summed E-state index contributed by atoms with van der Waals surface area (Å²) in [6.45, 7) is 8.85. The third kappa shape index (κ3) is 6.84. The Morgan fingerprint density at radius 3 is 2.43 bits per heavy atom. The Hall–Kier alpha value is -2.50. The Morgan fingerprint density at radius 1 is 1.00 bits per heavy atom. The van der Waals surface area contributed by atoms with Gasteiger partial charge < -0.3 is 9.80 Å². The first-order chi connectivity index (χ1) is 20.8. The highest BCUT2D eigenvalue weighted by molar-refractivity contribution is 9.10. The number of carbonyl (C=O) groups excluding carboxylic acids is 2.